The highest BCUT2D eigenvalue weighted by Crippen LogP contribution is 2.21. The SMILES string of the molecule is CCCn1ccc2cc(NC(=O)C(CCSC)NC(=O)c3ccccc3Br)ccc21. The third-order valence-electron chi connectivity index (χ3n) is 4.85. The fourth-order valence-corrected chi connectivity index (χ4v) is 4.27. The molecule has 0 bridgehead atoms. The van der Waals surface area contributed by atoms with Crippen LogP contribution in [0.1, 0.15) is 30.1 Å². The maximum Gasteiger partial charge on any atom is 0.253 e. The molecule has 3 aromatic rings. The first-order valence-corrected chi connectivity index (χ1v) is 12.2. The van der Waals surface area contributed by atoms with Crippen LogP contribution in [0.4, 0.5) is 5.69 Å². The number of amides is 2. The Kier molecular flexibility index (Phi) is 7.99. The molecule has 3 rings (SSSR count). The molecule has 0 fully saturated rings. The summed E-state index contributed by atoms with van der Waals surface area (Å²) in [6, 6.07) is 14.5. The number of hydrogen-bond donors (Lipinski definition) is 2. The van der Waals surface area contributed by atoms with Gasteiger partial charge in [0.1, 0.15) is 6.04 Å². The molecule has 1 unspecified atom stereocenters. The summed E-state index contributed by atoms with van der Waals surface area (Å²) in [6.45, 7) is 3.12. The van der Waals surface area contributed by atoms with E-state index in [0.717, 1.165) is 35.3 Å². The Morgan fingerprint density at radius 1 is 1.17 bits per heavy atom. The van der Waals surface area contributed by atoms with Crippen molar-refractivity contribution in [2.24, 2.45) is 0 Å². The number of nitrogens with one attached hydrogen (secondary N) is 2. The van der Waals surface area contributed by atoms with Crippen molar-refractivity contribution >= 4 is 56.1 Å². The van der Waals surface area contributed by atoms with Crippen molar-refractivity contribution in [3.05, 3.63) is 64.8 Å². The maximum atomic E-state index is 13.0. The number of carbonyl (C=O) groups excluding carboxylic acids is 2. The van der Waals surface area contributed by atoms with Crippen LogP contribution in [0.2, 0.25) is 0 Å². The lowest BCUT2D eigenvalue weighted by Crippen LogP contribution is -2.44. The molecule has 2 N–H and O–H groups in total. The molecule has 158 valence electrons. The molecule has 0 aliphatic rings. The molecule has 0 aliphatic heterocycles. The van der Waals surface area contributed by atoms with E-state index in [9.17, 15) is 9.59 Å². The number of aryl methyl sites for hydroxylation is 1. The summed E-state index contributed by atoms with van der Waals surface area (Å²) in [4.78, 5) is 25.7. The minimum absolute atomic E-state index is 0.211. The average molecular weight is 488 g/mol. The van der Waals surface area contributed by atoms with Crippen LogP contribution in [-0.2, 0) is 11.3 Å². The second kappa shape index (κ2) is 10.7. The predicted molar refractivity (Wildman–Crippen MR) is 129 cm³/mol. The summed E-state index contributed by atoms with van der Waals surface area (Å²) in [7, 11) is 0. The van der Waals surface area contributed by atoms with Gasteiger partial charge in [-0.1, -0.05) is 19.1 Å². The van der Waals surface area contributed by atoms with E-state index in [1.165, 1.54) is 0 Å². The topological polar surface area (TPSA) is 63.1 Å². The third kappa shape index (κ3) is 5.46. The van der Waals surface area contributed by atoms with E-state index in [2.05, 4.69) is 50.3 Å². The zero-order chi connectivity index (χ0) is 21.5. The van der Waals surface area contributed by atoms with Gasteiger partial charge in [-0.05, 0) is 77.2 Å². The lowest BCUT2D eigenvalue weighted by Gasteiger charge is -2.19. The predicted octanol–water partition coefficient (Wildman–Crippen LogP) is 5.30. The molecule has 1 aromatic heterocycles. The number of rotatable bonds is 9. The van der Waals surface area contributed by atoms with Crippen LogP contribution in [-0.4, -0.2) is 34.4 Å². The van der Waals surface area contributed by atoms with Crippen molar-refractivity contribution in [1.82, 2.24) is 9.88 Å². The van der Waals surface area contributed by atoms with Crippen LogP contribution >= 0.6 is 27.7 Å². The average Bonchev–Trinajstić information content (AvgIpc) is 3.13. The molecular weight excluding hydrogens is 462 g/mol. The number of nitrogens with zero attached hydrogens (tertiary/aromatic N) is 1. The lowest BCUT2D eigenvalue weighted by molar-refractivity contribution is -0.118. The second-order valence-corrected chi connectivity index (χ2v) is 8.90. The number of carbonyl (C=O) groups is 2. The maximum absolute atomic E-state index is 13.0. The van der Waals surface area contributed by atoms with E-state index in [-0.39, 0.29) is 11.8 Å². The highest BCUT2D eigenvalue weighted by molar-refractivity contribution is 9.10. The number of fused-ring (bicyclic) bond motifs is 1. The summed E-state index contributed by atoms with van der Waals surface area (Å²) in [5.41, 5.74) is 2.39. The smallest absolute Gasteiger partial charge is 0.253 e. The van der Waals surface area contributed by atoms with Gasteiger partial charge in [-0.2, -0.15) is 11.8 Å². The summed E-state index contributed by atoms with van der Waals surface area (Å²) in [5, 5.41) is 6.94. The van der Waals surface area contributed by atoms with E-state index < -0.39 is 6.04 Å². The third-order valence-corrected chi connectivity index (χ3v) is 6.19. The van der Waals surface area contributed by atoms with Gasteiger partial charge in [0.25, 0.3) is 5.91 Å². The molecule has 0 aliphatic carbocycles. The van der Waals surface area contributed by atoms with Gasteiger partial charge < -0.3 is 15.2 Å². The van der Waals surface area contributed by atoms with E-state index in [4.69, 9.17) is 0 Å². The summed E-state index contributed by atoms with van der Waals surface area (Å²) in [5.74, 6) is 0.292. The largest absolute Gasteiger partial charge is 0.347 e. The van der Waals surface area contributed by atoms with Gasteiger partial charge in [0, 0.05) is 33.8 Å². The number of halogens is 1. The van der Waals surface area contributed by atoms with Crippen molar-refractivity contribution in [2.75, 3.05) is 17.3 Å². The summed E-state index contributed by atoms with van der Waals surface area (Å²) < 4.78 is 2.91. The van der Waals surface area contributed by atoms with Crippen LogP contribution in [0.25, 0.3) is 10.9 Å². The van der Waals surface area contributed by atoms with Gasteiger partial charge in [-0.25, -0.2) is 0 Å². The van der Waals surface area contributed by atoms with Gasteiger partial charge >= 0.3 is 0 Å². The van der Waals surface area contributed by atoms with E-state index >= 15 is 0 Å². The molecule has 0 spiro atoms. The highest BCUT2D eigenvalue weighted by atomic mass is 79.9. The van der Waals surface area contributed by atoms with Crippen molar-refractivity contribution in [3.63, 3.8) is 0 Å². The van der Waals surface area contributed by atoms with Gasteiger partial charge in [-0.15, -0.1) is 0 Å². The number of benzene rings is 2. The Labute approximate surface area is 189 Å². The highest BCUT2D eigenvalue weighted by Gasteiger charge is 2.22. The molecule has 1 atom stereocenters. The van der Waals surface area contributed by atoms with Crippen molar-refractivity contribution in [3.8, 4) is 0 Å². The van der Waals surface area contributed by atoms with Crippen LogP contribution < -0.4 is 10.6 Å². The van der Waals surface area contributed by atoms with Crippen LogP contribution in [0.3, 0.4) is 0 Å². The molecule has 5 nitrogen and oxygen atoms in total. The minimum Gasteiger partial charge on any atom is -0.347 e. The first-order valence-electron chi connectivity index (χ1n) is 9.97. The van der Waals surface area contributed by atoms with E-state index in [0.29, 0.717) is 16.5 Å². The van der Waals surface area contributed by atoms with E-state index in [1.807, 2.05) is 36.6 Å². The Hall–Kier alpha value is -2.25. The van der Waals surface area contributed by atoms with Gasteiger partial charge in [0.05, 0.1) is 5.56 Å². The zero-order valence-corrected chi connectivity index (χ0v) is 19.6. The molecule has 0 saturated carbocycles. The standard InChI is InChI=1S/C23H26BrN3O2S/c1-3-12-27-13-10-16-15-17(8-9-21(16)27)25-23(29)20(11-14-30-2)26-22(28)18-6-4-5-7-19(18)24/h4-10,13,15,20H,3,11-12,14H2,1-2H3,(H,25,29)(H,26,28). The monoisotopic (exact) mass is 487 g/mol. The number of thioether (sulfide) groups is 1. The van der Waals surface area contributed by atoms with Crippen LogP contribution in [0.5, 0.6) is 0 Å². The van der Waals surface area contributed by atoms with Crippen LogP contribution in [0.15, 0.2) is 59.2 Å². The molecule has 0 radical (unpaired) electrons. The van der Waals surface area contributed by atoms with Crippen molar-refractivity contribution in [1.29, 1.82) is 0 Å². The first-order chi connectivity index (χ1) is 14.5. The normalized spacial score (nSPS) is 12.0. The van der Waals surface area contributed by atoms with Crippen LogP contribution in [0, 0.1) is 0 Å². The molecule has 2 aromatic carbocycles. The molecule has 1 heterocycles. The molecular formula is C23H26BrN3O2S. The quantitative estimate of drug-likeness (QED) is 0.430. The molecule has 0 saturated heterocycles. The first kappa shape index (κ1) is 22.4. The Bertz CT molecular complexity index is 1030. The Morgan fingerprint density at radius 2 is 1.97 bits per heavy atom. The second-order valence-electron chi connectivity index (χ2n) is 7.06. The minimum atomic E-state index is -0.613. The van der Waals surface area contributed by atoms with Gasteiger partial charge in [0.2, 0.25) is 5.91 Å². The fourth-order valence-electron chi connectivity index (χ4n) is 3.33. The lowest BCUT2D eigenvalue weighted by atomic mass is 10.1. The van der Waals surface area contributed by atoms with Gasteiger partial charge in [0.15, 0.2) is 0 Å². The Balaban J connectivity index is 1.74. The Morgan fingerprint density at radius 3 is 2.70 bits per heavy atom. The number of hydrogen-bond acceptors (Lipinski definition) is 3. The number of anilines is 1. The molecule has 30 heavy (non-hydrogen) atoms. The van der Waals surface area contributed by atoms with Gasteiger partial charge in [-0.3, -0.25) is 9.59 Å². The van der Waals surface area contributed by atoms with E-state index in [1.54, 1.807) is 23.9 Å². The zero-order valence-electron chi connectivity index (χ0n) is 17.2. The molecule has 2 amide bonds. The fraction of sp³-hybridized carbons (Fsp3) is 0.304. The summed E-state index contributed by atoms with van der Waals surface area (Å²) in [6.07, 6.45) is 5.67. The molecule has 7 heteroatoms. The van der Waals surface area contributed by atoms with Crippen molar-refractivity contribution in [2.45, 2.75) is 32.4 Å². The van der Waals surface area contributed by atoms with Crippen molar-refractivity contribution < 1.29 is 9.59 Å². The summed E-state index contributed by atoms with van der Waals surface area (Å²) >= 11 is 5.04. The number of aromatic nitrogens is 1.